The summed E-state index contributed by atoms with van der Waals surface area (Å²) in [6.07, 6.45) is 1.93. The van der Waals surface area contributed by atoms with E-state index in [-0.39, 0.29) is 19.1 Å². The van der Waals surface area contributed by atoms with Gasteiger partial charge in [-0.15, -0.1) is 0 Å². The van der Waals surface area contributed by atoms with Crippen molar-refractivity contribution in [1.29, 1.82) is 0 Å². The van der Waals surface area contributed by atoms with Gasteiger partial charge in [0.15, 0.2) is 17.5 Å². The van der Waals surface area contributed by atoms with Crippen LogP contribution >= 0.6 is 0 Å². The number of aliphatic imine (C=N–C) groups is 1. The van der Waals surface area contributed by atoms with Crippen molar-refractivity contribution in [2.24, 2.45) is 4.99 Å². The zero-order valence-corrected chi connectivity index (χ0v) is 18.2. The molecular weight excluding hydrogens is 386 g/mol. The van der Waals surface area contributed by atoms with Crippen LogP contribution in [0.25, 0.3) is 0 Å². The van der Waals surface area contributed by atoms with Gasteiger partial charge in [0.2, 0.25) is 5.91 Å². The molecule has 30 heavy (non-hydrogen) atoms. The highest BCUT2D eigenvalue weighted by molar-refractivity contribution is 5.80. The van der Waals surface area contributed by atoms with Crippen LogP contribution < -0.4 is 25.4 Å². The monoisotopic (exact) mass is 421 g/mol. The van der Waals surface area contributed by atoms with E-state index in [0.717, 1.165) is 44.0 Å². The van der Waals surface area contributed by atoms with Crippen molar-refractivity contribution in [3.8, 4) is 11.5 Å². The molecule has 1 fully saturated rings. The molecule has 9 heteroatoms. The average molecular weight is 422 g/mol. The van der Waals surface area contributed by atoms with E-state index in [1.54, 1.807) is 14.2 Å². The number of carbonyl (C=O) groups is 1. The summed E-state index contributed by atoms with van der Waals surface area (Å²) in [6.45, 7) is 5.73. The smallest absolute Gasteiger partial charge is 0.233 e. The lowest BCUT2D eigenvalue weighted by molar-refractivity contribution is -0.122. The topological polar surface area (TPSA) is 107 Å². The third-order valence-electron chi connectivity index (χ3n) is 4.92. The molecule has 1 aliphatic heterocycles. The molecule has 0 aromatic heterocycles. The number of ether oxygens (including phenoxy) is 2. The zero-order chi connectivity index (χ0) is 21.8. The number of piperidine rings is 1. The first-order valence-electron chi connectivity index (χ1n) is 10.5. The largest absolute Gasteiger partial charge is 0.493 e. The summed E-state index contributed by atoms with van der Waals surface area (Å²) in [5, 5.41) is 18.4. The van der Waals surface area contributed by atoms with Gasteiger partial charge >= 0.3 is 0 Å². The van der Waals surface area contributed by atoms with Crippen LogP contribution in [0.1, 0.15) is 25.3 Å². The van der Waals surface area contributed by atoms with Crippen LogP contribution in [0.4, 0.5) is 0 Å². The van der Waals surface area contributed by atoms with Gasteiger partial charge in [-0.25, -0.2) is 4.99 Å². The SMILES string of the molecule is CCNC(=NCc1ccc(OCCO)c(OC)c1)NC1CCN(CC(=O)NC)CC1. The Balaban J connectivity index is 1.92. The highest BCUT2D eigenvalue weighted by Gasteiger charge is 2.21. The van der Waals surface area contributed by atoms with Crippen LogP contribution in [0, 0.1) is 0 Å². The van der Waals surface area contributed by atoms with Crippen LogP contribution in [-0.2, 0) is 11.3 Å². The summed E-state index contributed by atoms with van der Waals surface area (Å²) >= 11 is 0. The summed E-state index contributed by atoms with van der Waals surface area (Å²) in [5.41, 5.74) is 1.00. The van der Waals surface area contributed by atoms with E-state index in [4.69, 9.17) is 19.6 Å². The molecule has 0 saturated carbocycles. The number of hydrogen-bond donors (Lipinski definition) is 4. The number of benzene rings is 1. The Bertz CT molecular complexity index is 690. The Kier molecular flexibility index (Phi) is 10.2. The van der Waals surface area contributed by atoms with Crippen LogP contribution in [0.2, 0.25) is 0 Å². The fourth-order valence-corrected chi connectivity index (χ4v) is 3.29. The average Bonchev–Trinajstić information content (AvgIpc) is 2.77. The Hall–Kier alpha value is -2.52. The fourth-order valence-electron chi connectivity index (χ4n) is 3.29. The second kappa shape index (κ2) is 12.9. The lowest BCUT2D eigenvalue weighted by Gasteiger charge is -2.32. The van der Waals surface area contributed by atoms with Gasteiger partial charge in [-0.3, -0.25) is 9.69 Å². The molecule has 2 rings (SSSR count). The van der Waals surface area contributed by atoms with Crippen molar-refractivity contribution in [3.63, 3.8) is 0 Å². The maximum Gasteiger partial charge on any atom is 0.233 e. The number of aliphatic hydroxyl groups excluding tert-OH is 1. The molecule has 1 aliphatic rings. The van der Waals surface area contributed by atoms with E-state index in [9.17, 15) is 4.79 Å². The molecule has 1 amide bonds. The summed E-state index contributed by atoms with van der Waals surface area (Å²) in [5.74, 6) is 2.06. The molecule has 1 saturated heterocycles. The van der Waals surface area contributed by atoms with Crippen molar-refractivity contribution in [2.75, 3.05) is 53.6 Å². The molecule has 0 bridgehead atoms. The van der Waals surface area contributed by atoms with Gasteiger partial charge in [-0.1, -0.05) is 6.07 Å². The normalized spacial score (nSPS) is 15.5. The Morgan fingerprint density at radius 1 is 1.30 bits per heavy atom. The van der Waals surface area contributed by atoms with Gasteiger partial charge in [-0.05, 0) is 37.5 Å². The first-order valence-corrected chi connectivity index (χ1v) is 10.5. The van der Waals surface area contributed by atoms with Crippen molar-refractivity contribution in [3.05, 3.63) is 23.8 Å². The molecule has 9 nitrogen and oxygen atoms in total. The van der Waals surface area contributed by atoms with Gasteiger partial charge in [0.05, 0.1) is 26.8 Å². The number of likely N-dealkylation sites (tertiary alicyclic amines) is 1. The predicted octanol–water partition coefficient (Wildman–Crippen LogP) is 0.332. The van der Waals surface area contributed by atoms with E-state index in [1.807, 2.05) is 25.1 Å². The van der Waals surface area contributed by atoms with Crippen LogP contribution in [0.5, 0.6) is 11.5 Å². The van der Waals surface area contributed by atoms with Crippen molar-refractivity contribution in [2.45, 2.75) is 32.4 Å². The first kappa shape index (κ1) is 23.8. The molecule has 0 spiro atoms. The number of hydrogen-bond acceptors (Lipinski definition) is 6. The Morgan fingerprint density at radius 2 is 2.07 bits per heavy atom. The number of rotatable bonds is 10. The standard InChI is InChI=1S/C21H35N5O4/c1-4-23-21(25-17-7-9-26(10-8-17)15-20(28)22-2)24-14-16-5-6-18(30-12-11-27)19(13-16)29-3/h5-6,13,17,27H,4,7-12,14-15H2,1-3H3,(H,22,28)(H2,23,24,25). The predicted molar refractivity (Wildman–Crippen MR) is 117 cm³/mol. The van der Waals surface area contributed by atoms with Crippen LogP contribution in [0.3, 0.4) is 0 Å². The summed E-state index contributed by atoms with van der Waals surface area (Å²) in [7, 11) is 3.26. The van der Waals surface area contributed by atoms with Gasteiger partial charge in [0.1, 0.15) is 6.61 Å². The second-order valence-electron chi connectivity index (χ2n) is 7.12. The maximum atomic E-state index is 11.5. The molecule has 0 unspecified atom stereocenters. The number of methoxy groups -OCH3 is 1. The third kappa shape index (κ3) is 7.72. The molecule has 1 aromatic rings. The van der Waals surface area contributed by atoms with E-state index >= 15 is 0 Å². The highest BCUT2D eigenvalue weighted by atomic mass is 16.5. The number of carbonyl (C=O) groups excluding carboxylic acids is 1. The lowest BCUT2D eigenvalue weighted by atomic mass is 10.1. The second-order valence-corrected chi connectivity index (χ2v) is 7.12. The zero-order valence-electron chi connectivity index (χ0n) is 18.2. The first-order chi connectivity index (χ1) is 14.6. The van der Waals surface area contributed by atoms with Gasteiger partial charge in [-0.2, -0.15) is 0 Å². The Labute approximate surface area is 178 Å². The van der Waals surface area contributed by atoms with Crippen molar-refractivity contribution >= 4 is 11.9 Å². The molecule has 1 heterocycles. The fraction of sp³-hybridized carbons (Fsp3) is 0.619. The minimum absolute atomic E-state index is 0.0440. The van der Waals surface area contributed by atoms with Gasteiger partial charge in [0.25, 0.3) is 0 Å². The molecule has 168 valence electrons. The quantitative estimate of drug-likeness (QED) is 0.319. The van der Waals surface area contributed by atoms with Crippen LogP contribution in [0.15, 0.2) is 23.2 Å². The number of nitrogens with one attached hydrogen (secondary N) is 3. The van der Waals surface area contributed by atoms with Crippen molar-refractivity contribution < 1.29 is 19.4 Å². The summed E-state index contributed by atoms with van der Waals surface area (Å²) in [4.78, 5) is 18.4. The lowest BCUT2D eigenvalue weighted by Crippen LogP contribution is -2.50. The highest BCUT2D eigenvalue weighted by Crippen LogP contribution is 2.28. The van der Waals surface area contributed by atoms with E-state index in [2.05, 4.69) is 20.9 Å². The number of aliphatic hydroxyl groups is 1. The minimum Gasteiger partial charge on any atom is -0.493 e. The summed E-state index contributed by atoms with van der Waals surface area (Å²) < 4.78 is 10.9. The number of guanidine groups is 1. The van der Waals surface area contributed by atoms with Crippen molar-refractivity contribution in [1.82, 2.24) is 20.9 Å². The minimum atomic E-state index is -0.0440. The van der Waals surface area contributed by atoms with E-state index in [1.165, 1.54) is 0 Å². The van der Waals surface area contributed by atoms with Crippen LogP contribution in [-0.4, -0.2) is 81.5 Å². The molecule has 4 N–H and O–H groups in total. The molecule has 1 aromatic carbocycles. The number of likely N-dealkylation sites (N-methyl/N-ethyl adjacent to an activating group) is 1. The molecule has 0 aliphatic carbocycles. The van der Waals surface area contributed by atoms with Gasteiger partial charge in [0, 0.05) is 32.7 Å². The van der Waals surface area contributed by atoms with Gasteiger partial charge < -0.3 is 30.5 Å². The summed E-state index contributed by atoms with van der Waals surface area (Å²) in [6, 6.07) is 6.01. The number of nitrogens with zero attached hydrogens (tertiary/aromatic N) is 2. The number of amides is 1. The van der Waals surface area contributed by atoms with E-state index < -0.39 is 0 Å². The molecule has 0 atom stereocenters. The van der Waals surface area contributed by atoms with E-state index in [0.29, 0.717) is 30.6 Å². The third-order valence-corrected chi connectivity index (χ3v) is 4.92. The maximum absolute atomic E-state index is 11.5. The molecule has 0 radical (unpaired) electrons. The Morgan fingerprint density at radius 3 is 2.70 bits per heavy atom. The molecular formula is C21H35N5O4.